The lowest BCUT2D eigenvalue weighted by Gasteiger charge is -2.25. The lowest BCUT2D eigenvalue weighted by atomic mass is 10.0. The van der Waals surface area contributed by atoms with Crippen LogP contribution in [0, 0.1) is 5.82 Å². The number of hydrogen-bond acceptors (Lipinski definition) is 5. The van der Waals surface area contributed by atoms with Crippen molar-refractivity contribution in [3.63, 3.8) is 0 Å². The van der Waals surface area contributed by atoms with Gasteiger partial charge in [0.2, 0.25) is 5.95 Å². The molecule has 2 aromatic carbocycles. The number of fused-ring (bicyclic) bond motifs is 1. The second-order valence-electron chi connectivity index (χ2n) is 5.66. The Morgan fingerprint density at radius 3 is 2.67 bits per heavy atom. The minimum absolute atomic E-state index is 0.0104. The van der Waals surface area contributed by atoms with Gasteiger partial charge in [0.1, 0.15) is 17.6 Å². The van der Waals surface area contributed by atoms with Gasteiger partial charge < -0.3 is 10.1 Å². The molecule has 1 aliphatic heterocycles. The maximum absolute atomic E-state index is 13.2. The average Bonchev–Trinajstić information content (AvgIpc) is 3.11. The van der Waals surface area contributed by atoms with Gasteiger partial charge in [-0.25, -0.2) is 4.39 Å². The van der Waals surface area contributed by atoms with E-state index in [1.165, 1.54) is 22.9 Å². The van der Waals surface area contributed by atoms with Crippen LogP contribution in [0.15, 0.2) is 53.0 Å². The monoisotopic (exact) mass is 437 g/mol. The van der Waals surface area contributed by atoms with Crippen molar-refractivity contribution in [2.24, 2.45) is 0 Å². The Hall–Kier alpha value is -2.88. The molecule has 1 aliphatic rings. The normalized spacial score (nSPS) is 15.9. The largest absolute Gasteiger partial charge is 0.434 e. The molecule has 0 unspecified atom stereocenters. The Balaban J connectivity index is 1.83. The summed E-state index contributed by atoms with van der Waals surface area (Å²) in [4.78, 5) is 0. The summed E-state index contributed by atoms with van der Waals surface area (Å²) in [6.45, 7) is -2.97. The predicted octanol–water partition coefficient (Wildman–Crippen LogP) is 4.23. The maximum atomic E-state index is 13.2. The molecule has 0 fully saturated rings. The third-order valence-electron chi connectivity index (χ3n) is 3.99. The molecule has 0 saturated carbocycles. The van der Waals surface area contributed by atoms with E-state index in [4.69, 9.17) is 0 Å². The second-order valence-corrected chi connectivity index (χ2v) is 6.58. The Morgan fingerprint density at radius 1 is 1.15 bits per heavy atom. The van der Waals surface area contributed by atoms with Crippen LogP contribution in [0.1, 0.15) is 17.2 Å². The van der Waals surface area contributed by atoms with Crippen molar-refractivity contribution < 1.29 is 17.9 Å². The van der Waals surface area contributed by atoms with Gasteiger partial charge >= 0.3 is 6.61 Å². The van der Waals surface area contributed by atoms with Crippen LogP contribution < -0.4 is 10.1 Å². The summed E-state index contributed by atoms with van der Waals surface area (Å²) >= 11 is 3.35. The number of rotatable bonds is 4. The van der Waals surface area contributed by atoms with E-state index in [-0.39, 0.29) is 11.6 Å². The molecule has 0 amide bonds. The van der Waals surface area contributed by atoms with Gasteiger partial charge in [0.05, 0.1) is 0 Å². The zero-order valence-electron chi connectivity index (χ0n) is 13.5. The lowest BCUT2D eigenvalue weighted by Crippen LogP contribution is -2.21. The molecule has 138 valence electrons. The molecular formula is C17H11BrF3N5O. The summed E-state index contributed by atoms with van der Waals surface area (Å²) in [6.07, 6.45) is 1.76. The Labute approximate surface area is 159 Å². The van der Waals surface area contributed by atoms with E-state index in [0.29, 0.717) is 27.2 Å². The number of alkyl halides is 2. The van der Waals surface area contributed by atoms with Crippen molar-refractivity contribution >= 4 is 27.6 Å². The van der Waals surface area contributed by atoms with Crippen molar-refractivity contribution in [1.29, 1.82) is 0 Å². The van der Waals surface area contributed by atoms with Crippen LogP contribution in [0.5, 0.6) is 5.75 Å². The summed E-state index contributed by atoms with van der Waals surface area (Å²) in [5.74, 6) is -0.0304. The van der Waals surface area contributed by atoms with Crippen LogP contribution in [0.25, 0.3) is 5.70 Å². The predicted molar refractivity (Wildman–Crippen MR) is 94.7 cm³/mol. The zero-order valence-corrected chi connectivity index (χ0v) is 15.1. The van der Waals surface area contributed by atoms with Crippen molar-refractivity contribution in [3.8, 4) is 5.75 Å². The third-order valence-corrected chi connectivity index (χ3v) is 4.48. The van der Waals surface area contributed by atoms with E-state index in [1.54, 1.807) is 30.3 Å². The van der Waals surface area contributed by atoms with Gasteiger partial charge in [-0.1, -0.05) is 21.0 Å². The number of ether oxygens (including phenoxy) is 1. The second kappa shape index (κ2) is 7.03. The first-order valence-electron chi connectivity index (χ1n) is 7.78. The SMILES string of the molecule is Fc1ccc(C2=C[C@@H](c3cc(Br)ccc3OC(F)F)n3nnnc3N2)cc1. The van der Waals surface area contributed by atoms with Gasteiger partial charge in [-0.05, 0) is 64.5 Å². The molecule has 1 atom stereocenters. The van der Waals surface area contributed by atoms with E-state index in [1.807, 2.05) is 0 Å². The highest BCUT2D eigenvalue weighted by Gasteiger charge is 2.27. The van der Waals surface area contributed by atoms with Crippen molar-refractivity contribution in [2.45, 2.75) is 12.7 Å². The minimum atomic E-state index is -2.97. The molecule has 27 heavy (non-hydrogen) atoms. The van der Waals surface area contributed by atoms with Crippen LogP contribution in [0.4, 0.5) is 19.1 Å². The van der Waals surface area contributed by atoms with E-state index >= 15 is 0 Å². The third kappa shape index (κ3) is 3.52. The molecule has 6 nitrogen and oxygen atoms in total. The number of allylic oxidation sites excluding steroid dienone is 1. The molecule has 2 heterocycles. The number of nitrogens with one attached hydrogen (secondary N) is 1. The molecule has 1 aromatic heterocycles. The molecule has 0 aliphatic carbocycles. The van der Waals surface area contributed by atoms with E-state index < -0.39 is 12.7 Å². The standard InChI is InChI=1S/C17H11BrF3N5O/c18-10-3-6-15(27-16(20)21)12(7-10)14-8-13(9-1-4-11(19)5-2-9)22-17-23-24-25-26(14)17/h1-8,14,16H,(H,22,23,25)/t14-/m0/s1. The van der Waals surface area contributed by atoms with Crippen LogP contribution in [0.2, 0.25) is 0 Å². The van der Waals surface area contributed by atoms with Crippen molar-refractivity contribution in [2.75, 3.05) is 5.32 Å². The number of benzene rings is 2. The average molecular weight is 438 g/mol. The van der Waals surface area contributed by atoms with E-state index in [9.17, 15) is 13.2 Å². The Bertz CT molecular complexity index is 1010. The number of nitrogens with zero attached hydrogens (tertiary/aromatic N) is 4. The maximum Gasteiger partial charge on any atom is 0.387 e. The topological polar surface area (TPSA) is 64.9 Å². The van der Waals surface area contributed by atoms with Gasteiger partial charge in [0.15, 0.2) is 0 Å². The number of halogens is 4. The summed E-state index contributed by atoms with van der Waals surface area (Å²) < 4.78 is 45.7. The van der Waals surface area contributed by atoms with Crippen LogP contribution in [-0.4, -0.2) is 26.8 Å². The van der Waals surface area contributed by atoms with Gasteiger partial charge in [-0.3, -0.25) is 0 Å². The van der Waals surface area contributed by atoms with Gasteiger partial charge in [-0.15, -0.1) is 0 Å². The molecule has 0 spiro atoms. The molecule has 3 aromatic rings. The summed E-state index contributed by atoms with van der Waals surface area (Å²) in [5, 5.41) is 14.5. The fourth-order valence-electron chi connectivity index (χ4n) is 2.83. The first-order chi connectivity index (χ1) is 13.0. The highest BCUT2D eigenvalue weighted by atomic mass is 79.9. The molecule has 0 radical (unpaired) electrons. The minimum Gasteiger partial charge on any atom is -0.434 e. The van der Waals surface area contributed by atoms with Gasteiger partial charge in [0, 0.05) is 15.7 Å². The smallest absolute Gasteiger partial charge is 0.387 e. The van der Waals surface area contributed by atoms with Gasteiger partial charge in [-0.2, -0.15) is 13.5 Å². The summed E-state index contributed by atoms with van der Waals surface area (Å²) in [6, 6.07) is 9.96. The first-order valence-corrected chi connectivity index (χ1v) is 8.57. The first kappa shape index (κ1) is 17.5. The van der Waals surface area contributed by atoms with Crippen LogP contribution >= 0.6 is 15.9 Å². The number of hydrogen-bond donors (Lipinski definition) is 1. The van der Waals surface area contributed by atoms with E-state index in [0.717, 1.165) is 0 Å². The molecule has 0 saturated heterocycles. The lowest BCUT2D eigenvalue weighted by molar-refractivity contribution is -0.0506. The highest BCUT2D eigenvalue weighted by Crippen LogP contribution is 2.37. The number of aromatic nitrogens is 4. The Morgan fingerprint density at radius 2 is 1.93 bits per heavy atom. The van der Waals surface area contributed by atoms with Crippen LogP contribution in [-0.2, 0) is 0 Å². The van der Waals surface area contributed by atoms with Gasteiger partial charge in [0.25, 0.3) is 0 Å². The molecule has 1 N–H and O–H groups in total. The summed E-state index contributed by atoms with van der Waals surface area (Å²) in [5.41, 5.74) is 1.76. The Kier molecular flexibility index (Phi) is 4.56. The quantitative estimate of drug-likeness (QED) is 0.661. The molecule has 10 heteroatoms. The fraction of sp³-hybridized carbons (Fsp3) is 0.118. The van der Waals surface area contributed by atoms with Crippen molar-refractivity contribution in [3.05, 3.63) is 70.0 Å². The molecule has 0 bridgehead atoms. The van der Waals surface area contributed by atoms with Crippen molar-refractivity contribution in [1.82, 2.24) is 20.2 Å². The number of tetrazole rings is 1. The zero-order chi connectivity index (χ0) is 19.0. The fourth-order valence-corrected chi connectivity index (χ4v) is 3.21. The van der Waals surface area contributed by atoms with E-state index in [2.05, 4.69) is 41.5 Å². The van der Waals surface area contributed by atoms with Crippen LogP contribution in [0.3, 0.4) is 0 Å². The number of anilines is 1. The molecule has 4 rings (SSSR count). The summed E-state index contributed by atoms with van der Waals surface area (Å²) in [7, 11) is 0. The molecular weight excluding hydrogens is 427 g/mol. The highest BCUT2D eigenvalue weighted by molar-refractivity contribution is 9.10.